The van der Waals surface area contributed by atoms with E-state index in [9.17, 15) is 14.7 Å². The fraction of sp³-hybridized carbons (Fsp3) is 0.556. The fourth-order valence-corrected chi connectivity index (χ4v) is 10.2. The highest BCUT2D eigenvalue weighted by Crippen LogP contribution is 2.73. The van der Waals surface area contributed by atoms with Gasteiger partial charge in [-0.25, -0.2) is 4.79 Å². The van der Waals surface area contributed by atoms with Gasteiger partial charge in [-0.05, 0) is 48.1 Å². The van der Waals surface area contributed by atoms with Crippen LogP contribution in [-0.4, -0.2) is 61.3 Å². The summed E-state index contributed by atoms with van der Waals surface area (Å²) in [4.78, 5) is 26.7. The van der Waals surface area contributed by atoms with E-state index in [1.54, 1.807) is 18.6 Å². The number of esters is 2. The number of rotatable bonds is 6. The maximum atomic E-state index is 13.4. The highest BCUT2D eigenvalue weighted by atomic mass is 16.6. The highest BCUT2D eigenvalue weighted by molar-refractivity contribution is 5.87. The lowest BCUT2D eigenvalue weighted by Crippen LogP contribution is -2.70. The molecule has 0 bridgehead atoms. The van der Waals surface area contributed by atoms with E-state index >= 15 is 0 Å². The van der Waals surface area contributed by atoms with Gasteiger partial charge >= 0.3 is 11.9 Å². The predicted molar refractivity (Wildman–Crippen MR) is 161 cm³/mol. The summed E-state index contributed by atoms with van der Waals surface area (Å²) in [6, 6.07) is 11.6. The molecule has 2 saturated carbocycles. The molecule has 234 valence electrons. The summed E-state index contributed by atoms with van der Waals surface area (Å²) >= 11 is 0. The molecule has 8 heteroatoms. The number of benzene rings is 1. The summed E-state index contributed by atoms with van der Waals surface area (Å²) in [6.07, 6.45) is 5.64. The van der Waals surface area contributed by atoms with Crippen LogP contribution >= 0.6 is 0 Å². The van der Waals surface area contributed by atoms with Crippen LogP contribution in [0.4, 0.5) is 0 Å². The third-order valence-electron chi connectivity index (χ3n) is 12.2. The third-order valence-corrected chi connectivity index (χ3v) is 12.2. The molecule has 3 heterocycles. The Hall–Kier alpha value is -3.20. The van der Waals surface area contributed by atoms with E-state index in [0.717, 1.165) is 17.5 Å². The number of fused-ring (bicyclic) bond motifs is 4. The number of methoxy groups -OCH3 is 1. The summed E-state index contributed by atoms with van der Waals surface area (Å²) in [5, 5.41) is 11.6. The number of hydrogen-bond donors (Lipinski definition) is 1. The van der Waals surface area contributed by atoms with Gasteiger partial charge < -0.3 is 28.5 Å². The fourth-order valence-electron chi connectivity index (χ4n) is 10.2. The summed E-state index contributed by atoms with van der Waals surface area (Å²) < 4.78 is 30.7. The Kier molecular flexibility index (Phi) is 6.99. The van der Waals surface area contributed by atoms with E-state index in [-0.39, 0.29) is 54.9 Å². The normalized spacial score (nSPS) is 42.2. The molecule has 5 aliphatic rings. The molecular weight excluding hydrogens is 560 g/mol. The Bertz CT molecular complexity index is 1500. The first-order chi connectivity index (χ1) is 21.0. The minimum atomic E-state index is -0.753. The summed E-state index contributed by atoms with van der Waals surface area (Å²) in [5.74, 6) is -1.17. The first kappa shape index (κ1) is 29.5. The quantitative estimate of drug-likeness (QED) is 0.264. The Morgan fingerprint density at radius 1 is 1.11 bits per heavy atom. The van der Waals surface area contributed by atoms with Crippen LogP contribution in [0.2, 0.25) is 0 Å². The van der Waals surface area contributed by atoms with Gasteiger partial charge in [0.05, 0.1) is 50.7 Å². The van der Waals surface area contributed by atoms with E-state index < -0.39 is 34.4 Å². The van der Waals surface area contributed by atoms with Crippen molar-refractivity contribution in [2.45, 2.75) is 83.4 Å². The average Bonchev–Trinajstić information content (AvgIpc) is 3.79. The zero-order valence-electron chi connectivity index (χ0n) is 26.0. The van der Waals surface area contributed by atoms with Gasteiger partial charge in [0.15, 0.2) is 0 Å². The molecule has 0 radical (unpaired) electrons. The maximum Gasteiger partial charge on any atom is 0.331 e. The number of ether oxygens (including phenoxy) is 4. The maximum absolute atomic E-state index is 13.4. The minimum absolute atomic E-state index is 0.131. The van der Waals surface area contributed by atoms with Crippen molar-refractivity contribution in [1.29, 1.82) is 0 Å². The van der Waals surface area contributed by atoms with Crippen molar-refractivity contribution in [3.63, 3.8) is 0 Å². The lowest BCUT2D eigenvalue weighted by atomic mass is 9.40. The smallest absolute Gasteiger partial charge is 0.331 e. The second-order valence-electron chi connectivity index (χ2n) is 14.1. The first-order valence-electron chi connectivity index (χ1n) is 15.7. The minimum Gasteiger partial charge on any atom is -0.472 e. The zero-order valence-corrected chi connectivity index (χ0v) is 26.0. The van der Waals surface area contributed by atoms with Crippen molar-refractivity contribution in [3.05, 3.63) is 77.3 Å². The number of aliphatic hydroxyl groups is 1. The monoisotopic (exact) mass is 602 g/mol. The molecule has 2 saturated heterocycles. The number of furan rings is 1. The Morgan fingerprint density at radius 2 is 1.89 bits per heavy atom. The van der Waals surface area contributed by atoms with Crippen LogP contribution in [0.1, 0.15) is 64.0 Å². The van der Waals surface area contributed by atoms with Crippen LogP contribution in [0.25, 0.3) is 6.08 Å². The second-order valence-corrected chi connectivity index (χ2v) is 14.1. The van der Waals surface area contributed by atoms with Crippen molar-refractivity contribution in [1.82, 2.24) is 0 Å². The molecule has 0 unspecified atom stereocenters. The number of allylic oxidation sites excluding steroid dienone is 1. The zero-order chi connectivity index (χ0) is 31.0. The van der Waals surface area contributed by atoms with Crippen molar-refractivity contribution in [2.24, 2.45) is 28.1 Å². The lowest BCUT2D eigenvalue weighted by molar-refractivity contribution is -0.248. The SMILES string of the molecule is COC(=O)C[C@@H]1[C@]2(C)C3=C(C)[C@H](c4ccoc4)C[C@H]3O[C@@H]2[C@@H]2OC[C@]3(C)[C@H](O)C[C@H](OC(=O)/C=C\c4ccccc4)[C@@]1(C)[C@@H]23. The molecule has 1 N–H and O–H groups in total. The predicted octanol–water partition coefficient (Wildman–Crippen LogP) is 5.47. The first-order valence-corrected chi connectivity index (χ1v) is 15.7. The van der Waals surface area contributed by atoms with Crippen LogP contribution in [0.15, 0.2) is 70.6 Å². The van der Waals surface area contributed by atoms with Crippen molar-refractivity contribution >= 4 is 18.0 Å². The van der Waals surface area contributed by atoms with Gasteiger partial charge in [0.2, 0.25) is 0 Å². The van der Waals surface area contributed by atoms with Crippen LogP contribution in [-0.2, 0) is 28.5 Å². The van der Waals surface area contributed by atoms with Gasteiger partial charge in [0.25, 0.3) is 0 Å². The largest absolute Gasteiger partial charge is 0.472 e. The molecule has 11 atom stereocenters. The molecule has 1 aromatic heterocycles. The van der Waals surface area contributed by atoms with Gasteiger partial charge in [-0.2, -0.15) is 0 Å². The Labute approximate surface area is 258 Å². The van der Waals surface area contributed by atoms with E-state index in [4.69, 9.17) is 23.4 Å². The van der Waals surface area contributed by atoms with Gasteiger partial charge in [-0.3, -0.25) is 4.79 Å². The molecule has 0 amide bonds. The topological polar surface area (TPSA) is 104 Å². The molecule has 2 aliphatic heterocycles. The highest BCUT2D eigenvalue weighted by Gasteiger charge is 2.78. The molecule has 4 fully saturated rings. The third kappa shape index (κ3) is 4.06. The Balaban J connectivity index is 1.34. The molecular formula is C36H42O8. The van der Waals surface area contributed by atoms with Gasteiger partial charge in [-0.1, -0.05) is 56.7 Å². The summed E-state index contributed by atoms with van der Waals surface area (Å²) in [7, 11) is 1.42. The number of carbonyl (C=O) groups excluding carboxylic acids is 2. The summed E-state index contributed by atoms with van der Waals surface area (Å²) in [5.41, 5.74) is 2.51. The molecule has 0 spiro atoms. The summed E-state index contributed by atoms with van der Waals surface area (Å²) in [6.45, 7) is 8.96. The standard InChI is InChI=1S/C36H42O8/c1-20-23(22-13-14-41-18-22)15-24-30(20)36(4)25(16-29(39)40-5)35(3)27(44-28(38)12-11-21-9-7-6-8-10-21)17-26(37)34(2)19-42-31(32(34)35)33(36)43-24/h6-14,18,23-27,31-33,37H,15-17,19H2,1-5H3/b12-11-/t23-,24-,25+,26-,27+,31-,32+,33-,34-,35+,36-/m1/s1. The lowest BCUT2D eigenvalue weighted by Gasteiger charge is -2.65. The Morgan fingerprint density at radius 3 is 2.59 bits per heavy atom. The van der Waals surface area contributed by atoms with Crippen LogP contribution in [0, 0.1) is 28.1 Å². The van der Waals surface area contributed by atoms with Crippen LogP contribution < -0.4 is 0 Å². The van der Waals surface area contributed by atoms with Crippen molar-refractivity contribution in [2.75, 3.05) is 13.7 Å². The van der Waals surface area contributed by atoms with E-state index in [0.29, 0.717) is 6.61 Å². The molecule has 44 heavy (non-hydrogen) atoms. The second kappa shape index (κ2) is 10.4. The van der Waals surface area contributed by atoms with E-state index in [2.05, 4.69) is 27.7 Å². The van der Waals surface area contributed by atoms with Crippen molar-refractivity contribution < 1.29 is 38.1 Å². The van der Waals surface area contributed by atoms with Gasteiger partial charge in [0, 0.05) is 47.0 Å². The van der Waals surface area contributed by atoms with E-state index in [1.165, 1.54) is 24.3 Å². The van der Waals surface area contributed by atoms with Gasteiger partial charge in [0.1, 0.15) is 6.10 Å². The van der Waals surface area contributed by atoms with Crippen LogP contribution in [0.5, 0.6) is 0 Å². The molecule has 2 aromatic rings. The van der Waals surface area contributed by atoms with E-state index in [1.807, 2.05) is 36.4 Å². The molecule has 1 aromatic carbocycles. The van der Waals surface area contributed by atoms with Crippen molar-refractivity contribution in [3.8, 4) is 0 Å². The van der Waals surface area contributed by atoms with Crippen LogP contribution in [0.3, 0.4) is 0 Å². The number of hydrogen-bond acceptors (Lipinski definition) is 8. The molecule has 7 rings (SSSR count). The number of carbonyl (C=O) groups is 2. The van der Waals surface area contributed by atoms with Gasteiger partial charge in [-0.15, -0.1) is 0 Å². The molecule has 8 nitrogen and oxygen atoms in total. The number of aliphatic hydroxyl groups excluding tert-OH is 1. The molecule has 3 aliphatic carbocycles. The average molecular weight is 603 g/mol.